The van der Waals surface area contributed by atoms with Crippen molar-refractivity contribution >= 4 is 11.8 Å². The predicted octanol–water partition coefficient (Wildman–Crippen LogP) is 0.429. The van der Waals surface area contributed by atoms with Crippen LogP contribution >= 0.6 is 0 Å². The fraction of sp³-hybridized carbons (Fsp3) is 0.214. The molecule has 0 aliphatic carbocycles. The predicted molar refractivity (Wildman–Crippen MR) is 74.0 cm³/mol. The van der Waals surface area contributed by atoms with E-state index in [1.807, 2.05) is 18.3 Å². The number of carbonyl (C=O) groups excluding carboxylic acids is 2. The number of rotatable bonds is 6. The zero-order valence-electron chi connectivity index (χ0n) is 11.0. The third-order valence-electron chi connectivity index (χ3n) is 2.67. The third kappa shape index (κ3) is 4.24. The van der Waals surface area contributed by atoms with E-state index in [0.717, 1.165) is 0 Å². The minimum atomic E-state index is -0.257. The highest BCUT2D eigenvalue weighted by Gasteiger charge is 2.06. The highest BCUT2D eigenvalue weighted by atomic mass is 16.2. The zero-order chi connectivity index (χ0) is 14.2. The summed E-state index contributed by atoms with van der Waals surface area (Å²) >= 11 is 0. The van der Waals surface area contributed by atoms with Crippen molar-refractivity contribution in [1.82, 2.24) is 20.4 Å². The fourth-order valence-corrected chi connectivity index (χ4v) is 1.66. The Morgan fingerprint density at radius 3 is 2.60 bits per heavy atom. The first-order valence-electron chi connectivity index (χ1n) is 6.33. The van der Waals surface area contributed by atoms with Crippen molar-refractivity contribution in [2.24, 2.45) is 0 Å². The lowest BCUT2D eigenvalue weighted by atomic mass is 10.2. The molecule has 6 heteroatoms. The van der Waals surface area contributed by atoms with Gasteiger partial charge in [0.2, 0.25) is 5.91 Å². The van der Waals surface area contributed by atoms with E-state index in [1.165, 1.54) is 0 Å². The maximum Gasteiger partial charge on any atom is 0.251 e. The van der Waals surface area contributed by atoms with Gasteiger partial charge in [0.05, 0.1) is 13.1 Å². The Balaban J connectivity index is 1.66. The van der Waals surface area contributed by atoms with E-state index in [0.29, 0.717) is 18.7 Å². The van der Waals surface area contributed by atoms with Gasteiger partial charge in [-0.1, -0.05) is 18.2 Å². The van der Waals surface area contributed by atoms with E-state index in [9.17, 15) is 9.59 Å². The van der Waals surface area contributed by atoms with Crippen molar-refractivity contribution in [3.05, 3.63) is 54.4 Å². The van der Waals surface area contributed by atoms with Crippen LogP contribution in [0.1, 0.15) is 10.4 Å². The Labute approximate surface area is 116 Å². The molecule has 0 bridgehead atoms. The van der Waals surface area contributed by atoms with Crippen LogP contribution in [0, 0.1) is 0 Å². The molecule has 0 unspecified atom stereocenters. The second kappa shape index (κ2) is 7.08. The number of hydrogen-bond donors (Lipinski definition) is 2. The number of nitrogens with zero attached hydrogens (tertiary/aromatic N) is 2. The first-order chi connectivity index (χ1) is 9.75. The van der Waals surface area contributed by atoms with E-state index in [1.54, 1.807) is 35.1 Å². The zero-order valence-corrected chi connectivity index (χ0v) is 11.0. The summed E-state index contributed by atoms with van der Waals surface area (Å²) < 4.78 is 1.73. The van der Waals surface area contributed by atoms with Crippen molar-refractivity contribution in [3.8, 4) is 0 Å². The average Bonchev–Trinajstić information content (AvgIpc) is 2.99. The summed E-state index contributed by atoms with van der Waals surface area (Å²) in [6, 6.07) is 10.6. The van der Waals surface area contributed by atoms with Crippen LogP contribution in [0.15, 0.2) is 48.8 Å². The molecule has 104 valence electrons. The van der Waals surface area contributed by atoms with Crippen LogP contribution < -0.4 is 10.6 Å². The Hall–Kier alpha value is -2.63. The lowest BCUT2D eigenvalue weighted by Gasteiger charge is -2.07. The fourth-order valence-electron chi connectivity index (χ4n) is 1.66. The largest absolute Gasteiger partial charge is 0.353 e. The van der Waals surface area contributed by atoms with Gasteiger partial charge in [-0.25, -0.2) is 0 Å². The molecule has 1 heterocycles. The Morgan fingerprint density at radius 1 is 1.10 bits per heavy atom. The average molecular weight is 272 g/mol. The minimum Gasteiger partial charge on any atom is -0.353 e. The van der Waals surface area contributed by atoms with Crippen molar-refractivity contribution in [2.45, 2.75) is 6.54 Å². The molecule has 20 heavy (non-hydrogen) atoms. The number of aromatic nitrogens is 2. The second-order valence-electron chi connectivity index (χ2n) is 4.17. The number of amides is 2. The third-order valence-corrected chi connectivity index (χ3v) is 2.67. The van der Waals surface area contributed by atoms with Crippen LogP contribution in [-0.2, 0) is 11.3 Å². The first kappa shape index (κ1) is 13.8. The topological polar surface area (TPSA) is 76.0 Å². The van der Waals surface area contributed by atoms with Gasteiger partial charge in [0.1, 0.15) is 0 Å². The van der Waals surface area contributed by atoms with Crippen LogP contribution in [0.3, 0.4) is 0 Å². The van der Waals surface area contributed by atoms with Gasteiger partial charge in [-0.2, -0.15) is 5.10 Å². The second-order valence-corrected chi connectivity index (χ2v) is 4.17. The molecule has 0 saturated heterocycles. The Kier molecular flexibility index (Phi) is 4.88. The first-order valence-corrected chi connectivity index (χ1v) is 6.33. The van der Waals surface area contributed by atoms with Crippen molar-refractivity contribution in [2.75, 3.05) is 13.1 Å². The van der Waals surface area contributed by atoms with Gasteiger partial charge >= 0.3 is 0 Å². The maximum absolute atomic E-state index is 11.7. The minimum absolute atomic E-state index is 0.0349. The quantitative estimate of drug-likeness (QED) is 0.800. The summed E-state index contributed by atoms with van der Waals surface area (Å²) in [5.74, 6) is -0.478. The molecule has 2 amide bonds. The summed E-state index contributed by atoms with van der Waals surface area (Å²) in [6.45, 7) is 1.04. The normalized spacial score (nSPS) is 10.0. The molecule has 6 nitrogen and oxygen atoms in total. The molecule has 1 aromatic carbocycles. The van der Waals surface area contributed by atoms with Crippen LogP contribution in [-0.4, -0.2) is 34.7 Å². The van der Waals surface area contributed by atoms with Crippen molar-refractivity contribution in [1.29, 1.82) is 0 Å². The number of nitrogens with one attached hydrogen (secondary N) is 2. The van der Waals surface area contributed by atoms with E-state index in [2.05, 4.69) is 15.7 Å². The lowest BCUT2D eigenvalue weighted by Crippen LogP contribution is -2.38. The van der Waals surface area contributed by atoms with E-state index < -0.39 is 0 Å². The summed E-state index contributed by atoms with van der Waals surface area (Å²) in [5, 5.41) is 9.30. The Bertz CT molecular complexity index is 552. The number of hydrogen-bond acceptors (Lipinski definition) is 3. The van der Waals surface area contributed by atoms with Crippen molar-refractivity contribution < 1.29 is 9.59 Å². The number of benzene rings is 1. The maximum atomic E-state index is 11.7. The number of carbonyl (C=O) groups is 2. The van der Waals surface area contributed by atoms with Gasteiger partial charge in [0.25, 0.3) is 5.91 Å². The molecule has 2 aromatic rings. The standard InChI is InChI=1S/C14H16N4O2/c19-13(15-8-10-18-9-4-7-17-18)11-16-14(20)12-5-2-1-3-6-12/h1-7,9H,8,10-11H2,(H,15,19)(H,16,20). The van der Waals surface area contributed by atoms with E-state index >= 15 is 0 Å². The molecule has 1 aromatic heterocycles. The van der Waals surface area contributed by atoms with Crippen LogP contribution in [0.4, 0.5) is 0 Å². The van der Waals surface area contributed by atoms with E-state index in [-0.39, 0.29) is 18.4 Å². The molecule has 0 saturated carbocycles. The van der Waals surface area contributed by atoms with Gasteiger partial charge in [-0.3, -0.25) is 14.3 Å². The van der Waals surface area contributed by atoms with Crippen LogP contribution in [0.25, 0.3) is 0 Å². The smallest absolute Gasteiger partial charge is 0.251 e. The lowest BCUT2D eigenvalue weighted by molar-refractivity contribution is -0.120. The molecule has 0 spiro atoms. The Morgan fingerprint density at radius 2 is 1.90 bits per heavy atom. The van der Waals surface area contributed by atoms with E-state index in [4.69, 9.17) is 0 Å². The van der Waals surface area contributed by atoms with Gasteiger partial charge < -0.3 is 10.6 Å². The SMILES string of the molecule is O=C(CNC(=O)c1ccccc1)NCCn1cccn1. The monoisotopic (exact) mass is 272 g/mol. The molecule has 2 rings (SSSR count). The highest BCUT2D eigenvalue weighted by molar-refractivity contribution is 5.96. The molecule has 0 radical (unpaired) electrons. The highest BCUT2D eigenvalue weighted by Crippen LogP contribution is 1.97. The molecular weight excluding hydrogens is 256 g/mol. The molecule has 0 atom stereocenters. The molecule has 0 fully saturated rings. The van der Waals surface area contributed by atoms with Crippen LogP contribution in [0.2, 0.25) is 0 Å². The molecular formula is C14H16N4O2. The molecule has 0 aliphatic heterocycles. The van der Waals surface area contributed by atoms with Crippen LogP contribution in [0.5, 0.6) is 0 Å². The molecule has 0 aliphatic rings. The van der Waals surface area contributed by atoms with Gasteiger partial charge in [-0.15, -0.1) is 0 Å². The summed E-state index contributed by atoms with van der Waals surface area (Å²) in [5.41, 5.74) is 0.539. The van der Waals surface area contributed by atoms with Gasteiger partial charge in [0.15, 0.2) is 0 Å². The summed E-state index contributed by atoms with van der Waals surface area (Å²) in [7, 11) is 0. The summed E-state index contributed by atoms with van der Waals surface area (Å²) in [6.07, 6.45) is 3.51. The van der Waals surface area contributed by atoms with Gasteiger partial charge in [-0.05, 0) is 18.2 Å². The summed E-state index contributed by atoms with van der Waals surface area (Å²) in [4.78, 5) is 23.3. The van der Waals surface area contributed by atoms with Gasteiger partial charge in [0, 0.05) is 24.5 Å². The van der Waals surface area contributed by atoms with Crippen molar-refractivity contribution in [3.63, 3.8) is 0 Å². The molecule has 2 N–H and O–H groups in total.